The van der Waals surface area contributed by atoms with Crippen molar-refractivity contribution < 1.29 is 4.74 Å². The monoisotopic (exact) mass is 245 g/mol. The van der Waals surface area contributed by atoms with Crippen LogP contribution in [0.4, 0.5) is 5.69 Å². The molecule has 0 bridgehead atoms. The SMILES string of the molecule is COc1c(Cl)cc(NC2CCC2)cc1Cl. The van der Waals surface area contributed by atoms with Crippen LogP contribution in [0.5, 0.6) is 5.75 Å². The molecule has 4 heteroatoms. The first-order valence-electron chi connectivity index (χ1n) is 5.00. The molecule has 0 aliphatic heterocycles. The maximum absolute atomic E-state index is 6.03. The fraction of sp³-hybridized carbons (Fsp3) is 0.455. The molecule has 1 aliphatic rings. The molecule has 1 aromatic rings. The maximum atomic E-state index is 6.03. The number of hydrogen-bond donors (Lipinski definition) is 1. The summed E-state index contributed by atoms with van der Waals surface area (Å²) in [5.41, 5.74) is 0.968. The summed E-state index contributed by atoms with van der Waals surface area (Å²) in [4.78, 5) is 0. The van der Waals surface area contributed by atoms with Gasteiger partial charge in [-0.25, -0.2) is 0 Å². The highest BCUT2D eigenvalue weighted by atomic mass is 35.5. The number of ether oxygens (including phenoxy) is 1. The molecule has 2 nitrogen and oxygen atoms in total. The molecule has 0 heterocycles. The normalized spacial score (nSPS) is 15.9. The van der Waals surface area contributed by atoms with Crippen LogP contribution in [-0.4, -0.2) is 13.2 Å². The molecule has 1 aromatic carbocycles. The fourth-order valence-corrected chi connectivity index (χ4v) is 2.27. The van der Waals surface area contributed by atoms with Crippen molar-refractivity contribution in [3.8, 4) is 5.75 Å². The first kappa shape index (κ1) is 10.9. The van der Waals surface area contributed by atoms with Gasteiger partial charge in [-0.3, -0.25) is 0 Å². The van der Waals surface area contributed by atoms with E-state index < -0.39 is 0 Å². The molecule has 0 amide bonds. The lowest BCUT2D eigenvalue weighted by Gasteiger charge is -2.27. The van der Waals surface area contributed by atoms with Gasteiger partial charge in [0, 0.05) is 11.7 Å². The molecule has 2 rings (SSSR count). The van der Waals surface area contributed by atoms with Gasteiger partial charge in [0.05, 0.1) is 17.2 Å². The van der Waals surface area contributed by atoms with Crippen molar-refractivity contribution in [1.82, 2.24) is 0 Å². The van der Waals surface area contributed by atoms with Crippen LogP contribution < -0.4 is 10.1 Å². The number of halogens is 2. The molecule has 82 valence electrons. The smallest absolute Gasteiger partial charge is 0.156 e. The zero-order valence-corrected chi connectivity index (χ0v) is 10.0. The number of methoxy groups -OCH3 is 1. The molecule has 0 aromatic heterocycles. The molecule has 0 unspecified atom stereocenters. The number of benzene rings is 1. The Kier molecular flexibility index (Phi) is 3.27. The van der Waals surface area contributed by atoms with E-state index in [1.165, 1.54) is 19.3 Å². The molecule has 0 atom stereocenters. The standard InChI is InChI=1S/C11H13Cl2NO/c1-15-11-9(12)5-8(6-10(11)13)14-7-3-2-4-7/h5-7,14H,2-4H2,1H3. The third-order valence-electron chi connectivity index (χ3n) is 2.68. The van der Waals surface area contributed by atoms with Crippen LogP contribution in [0.2, 0.25) is 10.0 Å². The molecule has 1 saturated carbocycles. The number of hydrogen-bond acceptors (Lipinski definition) is 2. The van der Waals surface area contributed by atoms with Crippen LogP contribution in [0.25, 0.3) is 0 Å². The third-order valence-corrected chi connectivity index (χ3v) is 3.24. The lowest BCUT2D eigenvalue weighted by molar-refractivity contribution is 0.415. The van der Waals surface area contributed by atoms with Gasteiger partial charge in [0.1, 0.15) is 0 Å². The van der Waals surface area contributed by atoms with Gasteiger partial charge in [-0.05, 0) is 31.4 Å². The van der Waals surface area contributed by atoms with Crippen LogP contribution >= 0.6 is 23.2 Å². The van der Waals surface area contributed by atoms with E-state index in [1.807, 2.05) is 12.1 Å². The average molecular weight is 246 g/mol. The summed E-state index contributed by atoms with van der Waals surface area (Å²) >= 11 is 12.1. The first-order chi connectivity index (χ1) is 7.20. The topological polar surface area (TPSA) is 21.3 Å². The van der Waals surface area contributed by atoms with Gasteiger partial charge in [0.15, 0.2) is 5.75 Å². The lowest BCUT2D eigenvalue weighted by Crippen LogP contribution is -2.26. The quantitative estimate of drug-likeness (QED) is 0.871. The van der Waals surface area contributed by atoms with E-state index in [9.17, 15) is 0 Å². The fourth-order valence-electron chi connectivity index (χ4n) is 1.63. The Labute approximate surface area is 99.5 Å². The van der Waals surface area contributed by atoms with Gasteiger partial charge >= 0.3 is 0 Å². The van der Waals surface area contributed by atoms with Gasteiger partial charge in [-0.1, -0.05) is 23.2 Å². The Morgan fingerprint density at radius 2 is 1.87 bits per heavy atom. The number of anilines is 1. The first-order valence-corrected chi connectivity index (χ1v) is 5.76. The second-order valence-corrected chi connectivity index (χ2v) is 4.56. The van der Waals surface area contributed by atoms with E-state index in [1.54, 1.807) is 7.11 Å². The van der Waals surface area contributed by atoms with E-state index in [-0.39, 0.29) is 0 Å². The van der Waals surface area contributed by atoms with Crippen molar-refractivity contribution in [1.29, 1.82) is 0 Å². The summed E-state index contributed by atoms with van der Waals surface area (Å²) in [7, 11) is 1.56. The van der Waals surface area contributed by atoms with Crippen molar-refractivity contribution in [2.24, 2.45) is 0 Å². The minimum Gasteiger partial charge on any atom is -0.494 e. The summed E-state index contributed by atoms with van der Waals surface area (Å²) in [5.74, 6) is 0.539. The highest BCUT2D eigenvalue weighted by Gasteiger charge is 2.18. The van der Waals surface area contributed by atoms with Crippen molar-refractivity contribution in [2.45, 2.75) is 25.3 Å². The minimum atomic E-state index is 0.539. The van der Waals surface area contributed by atoms with Crippen LogP contribution in [-0.2, 0) is 0 Å². The molecule has 1 N–H and O–H groups in total. The Morgan fingerprint density at radius 3 is 2.27 bits per heavy atom. The Morgan fingerprint density at radius 1 is 1.27 bits per heavy atom. The van der Waals surface area contributed by atoms with Crippen molar-refractivity contribution in [3.63, 3.8) is 0 Å². The Bertz CT molecular complexity index is 341. The molecule has 1 fully saturated rings. The van der Waals surface area contributed by atoms with Gasteiger partial charge < -0.3 is 10.1 Å². The molecule has 0 spiro atoms. The van der Waals surface area contributed by atoms with E-state index in [0.29, 0.717) is 21.8 Å². The highest BCUT2D eigenvalue weighted by molar-refractivity contribution is 6.37. The summed E-state index contributed by atoms with van der Waals surface area (Å²) in [6, 6.07) is 4.28. The van der Waals surface area contributed by atoms with E-state index in [2.05, 4.69) is 5.32 Å². The summed E-state index contributed by atoms with van der Waals surface area (Å²) in [5, 5.41) is 4.48. The van der Waals surface area contributed by atoms with Crippen LogP contribution in [0.1, 0.15) is 19.3 Å². The second kappa shape index (κ2) is 4.50. The molecule has 1 aliphatic carbocycles. The van der Waals surface area contributed by atoms with Gasteiger partial charge in [-0.15, -0.1) is 0 Å². The van der Waals surface area contributed by atoms with Crippen LogP contribution in [0, 0.1) is 0 Å². The Hall–Kier alpha value is -0.600. The van der Waals surface area contributed by atoms with Crippen molar-refractivity contribution in [3.05, 3.63) is 22.2 Å². The zero-order chi connectivity index (χ0) is 10.8. The van der Waals surface area contributed by atoms with Crippen LogP contribution in [0.15, 0.2) is 12.1 Å². The molecule has 15 heavy (non-hydrogen) atoms. The Balaban J connectivity index is 2.18. The molecular weight excluding hydrogens is 233 g/mol. The lowest BCUT2D eigenvalue weighted by atomic mass is 9.93. The second-order valence-electron chi connectivity index (χ2n) is 3.75. The van der Waals surface area contributed by atoms with Crippen molar-refractivity contribution >= 4 is 28.9 Å². The van der Waals surface area contributed by atoms with Crippen LogP contribution in [0.3, 0.4) is 0 Å². The largest absolute Gasteiger partial charge is 0.494 e. The molecule has 0 saturated heterocycles. The summed E-state index contributed by atoms with van der Waals surface area (Å²) < 4.78 is 5.08. The van der Waals surface area contributed by atoms with Gasteiger partial charge in [0.2, 0.25) is 0 Å². The molecule has 0 radical (unpaired) electrons. The summed E-state index contributed by atoms with van der Waals surface area (Å²) in [6.07, 6.45) is 3.75. The van der Waals surface area contributed by atoms with Gasteiger partial charge in [0.25, 0.3) is 0 Å². The average Bonchev–Trinajstić information content (AvgIpc) is 2.11. The minimum absolute atomic E-state index is 0.539. The predicted octanol–water partition coefficient (Wildman–Crippen LogP) is 3.97. The maximum Gasteiger partial charge on any atom is 0.156 e. The molecular formula is C11H13Cl2NO. The van der Waals surface area contributed by atoms with E-state index in [0.717, 1.165) is 5.69 Å². The number of rotatable bonds is 3. The third kappa shape index (κ3) is 2.32. The summed E-state index contributed by atoms with van der Waals surface area (Å²) in [6.45, 7) is 0. The van der Waals surface area contributed by atoms with Gasteiger partial charge in [-0.2, -0.15) is 0 Å². The van der Waals surface area contributed by atoms with E-state index >= 15 is 0 Å². The zero-order valence-electron chi connectivity index (χ0n) is 8.52. The predicted molar refractivity (Wildman–Crippen MR) is 64.3 cm³/mol. The van der Waals surface area contributed by atoms with Crippen molar-refractivity contribution in [2.75, 3.05) is 12.4 Å². The highest BCUT2D eigenvalue weighted by Crippen LogP contribution is 2.36. The van der Waals surface area contributed by atoms with E-state index in [4.69, 9.17) is 27.9 Å². The number of nitrogens with one attached hydrogen (secondary N) is 1.